The Balaban J connectivity index is 1.49. The van der Waals surface area contributed by atoms with E-state index in [4.69, 9.17) is 0 Å². The number of hydrogen-bond acceptors (Lipinski definition) is 4. The molecule has 0 fully saturated rings. The Labute approximate surface area is 202 Å². The fourth-order valence-electron chi connectivity index (χ4n) is 4.17. The molecule has 0 spiro atoms. The molecular weight excluding hydrogens is 462 g/mol. The van der Waals surface area contributed by atoms with Crippen molar-refractivity contribution < 1.29 is 18.3 Å². The van der Waals surface area contributed by atoms with Gasteiger partial charge >= 0.3 is 0 Å². The minimum absolute atomic E-state index is 0.0880. The SMILES string of the molecule is Cc1ccc(S(=O)(=O)Nc2ccccc2NC(=O)c2cc3c4ccccc4n(C)c3cc2O)cc1. The Hall–Kier alpha value is -4.30. The number of fused-ring (bicyclic) bond motifs is 3. The average molecular weight is 486 g/mol. The number of nitrogens with one attached hydrogen (secondary N) is 2. The molecule has 3 N–H and O–H groups in total. The molecule has 0 saturated heterocycles. The summed E-state index contributed by atoms with van der Waals surface area (Å²) in [6.07, 6.45) is 0. The minimum Gasteiger partial charge on any atom is -0.507 e. The summed E-state index contributed by atoms with van der Waals surface area (Å²) in [6.45, 7) is 1.87. The zero-order valence-electron chi connectivity index (χ0n) is 19.1. The lowest BCUT2D eigenvalue weighted by Gasteiger charge is -2.14. The van der Waals surface area contributed by atoms with Crippen molar-refractivity contribution in [2.75, 3.05) is 10.0 Å². The molecule has 0 saturated carbocycles. The largest absolute Gasteiger partial charge is 0.507 e. The van der Waals surface area contributed by atoms with E-state index in [1.165, 1.54) is 12.1 Å². The first-order valence-corrected chi connectivity index (χ1v) is 12.4. The molecule has 0 aliphatic heterocycles. The van der Waals surface area contributed by atoms with E-state index in [0.29, 0.717) is 0 Å². The van der Waals surface area contributed by atoms with Gasteiger partial charge < -0.3 is 15.0 Å². The van der Waals surface area contributed by atoms with E-state index >= 15 is 0 Å². The number of nitrogens with zero attached hydrogens (tertiary/aromatic N) is 1. The number of benzene rings is 4. The van der Waals surface area contributed by atoms with Crippen LogP contribution >= 0.6 is 0 Å². The van der Waals surface area contributed by atoms with Crippen molar-refractivity contribution in [2.45, 2.75) is 11.8 Å². The smallest absolute Gasteiger partial charge is 0.261 e. The Morgan fingerprint density at radius 2 is 1.49 bits per heavy atom. The van der Waals surface area contributed by atoms with Crippen LogP contribution in [0.25, 0.3) is 21.8 Å². The first kappa shape index (κ1) is 22.5. The summed E-state index contributed by atoms with van der Waals surface area (Å²) in [5.41, 5.74) is 3.30. The summed E-state index contributed by atoms with van der Waals surface area (Å²) >= 11 is 0. The fourth-order valence-corrected chi connectivity index (χ4v) is 5.25. The topological polar surface area (TPSA) is 100 Å². The van der Waals surface area contributed by atoms with Crippen molar-refractivity contribution in [2.24, 2.45) is 7.05 Å². The molecule has 0 atom stereocenters. The van der Waals surface area contributed by atoms with Gasteiger partial charge in [-0.2, -0.15) is 0 Å². The number of aryl methyl sites for hydroxylation is 2. The van der Waals surface area contributed by atoms with Gasteiger partial charge in [0.25, 0.3) is 15.9 Å². The van der Waals surface area contributed by atoms with E-state index in [1.807, 2.05) is 42.8 Å². The van der Waals surface area contributed by atoms with Crippen molar-refractivity contribution >= 4 is 49.1 Å². The lowest BCUT2D eigenvalue weighted by Crippen LogP contribution is -2.17. The van der Waals surface area contributed by atoms with Gasteiger partial charge in [-0.05, 0) is 43.3 Å². The maximum Gasteiger partial charge on any atom is 0.261 e. The number of hydrogen-bond donors (Lipinski definition) is 3. The van der Waals surface area contributed by atoms with Crippen LogP contribution in [0.4, 0.5) is 11.4 Å². The first-order chi connectivity index (χ1) is 16.7. The number of anilines is 2. The van der Waals surface area contributed by atoms with Gasteiger partial charge in [0.2, 0.25) is 0 Å². The summed E-state index contributed by atoms with van der Waals surface area (Å²) in [5.74, 6) is -0.724. The number of carbonyl (C=O) groups excluding carboxylic acids is 1. The summed E-state index contributed by atoms with van der Waals surface area (Å²) in [7, 11) is -1.96. The van der Waals surface area contributed by atoms with E-state index in [2.05, 4.69) is 10.0 Å². The monoisotopic (exact) mass is 485 g/mol. The maximum absolute atomic E-state index is 13.2. The van der Waals surface area contributed by atoms with Crippen LogP contribution in [-0.2, 0) is 17.1 Å². The molecule has 0 bridgehead atoms. The van der Waals surface area contributed by atoms with Gasteiger partial charge in [0, 0.05) is 29.4 Å². The van der Waals surface area contributed by atoms with Crippen LogP contribution in [0, 0.1) is 6.92 Å². The van der Waals surface area contributed by atoms with Crippen molar-refractivity contribution in [1.82, 2.24) is 4.57 Å². The molecule has 5 rings (SSSR count). The van der Waals surface area contributed by atoms with Gasteiger partial charge in [-0.3, -0.25) is 9.52 Å². The van der Waals surface area contributed by atoms with Crippen LogP contribution in [0.2, 0.25) is 0 Å². The molecule has 1 heterocycles. The van der Waals surface area contributed by atoms with E-state index in [9.17, 15) is 18.3 Å². The molecule has 176 valence electrons. The maximum atomic E-state index is 13.2. The van der Waals surface area contributed by atoms with Gasteiger partial charge in [0.1, 0.15) is 5.75 Å². The third-order valence-electron chi connectivity index (χ3n) is 6.03. The summed E-state index contributed by atoms with van der Waals surface area (Å²) in [5, 5.41) is 15.2. The van der Waals surface area contributed by atoms with E-state index in [0.717, 1.165) is 27.4 Å². The average Bonchev–Trinajstić information content (AvgIpc) is 3.11. The number of aromatic hydroxyl groups is 1. The van der Waals surface area contributed by atoms with Crippen LogP contribution in [0.3, 0.4) is 0 Å². The molecule has 0 radical (unpaired) electrons. The van der Waals surface area contributed by atoms with Crippen LogP contribution in [0.5, 0.6) is 5.75 Å². The number of carbonyl (C=O) groups is 1. The molecule has 7 nitrogen and oxygen atoms in total. The van der Waals surface area contributed by atoms with Crippen molar-refractivity contribution in [3.05, 3.63) is 96.1 Å². The second-order valence-corrected chi connectivity index (χ2v) is 10.1. The summed E-state index contributed by atoms with van der Waals surface area (Å²) in [4.78, 5) is 13.3. The second-order valence-electron chi connectivity index (χ2n) is 8.38. The Morgan fingerprint density at radius 1 is 0.829 bits per heavy atom. The predicted molar refractivity (Wildman–Crippen MR) is 138 cm³/mol. The molecule has 0 aliphatic carbocycles. The number of rotatable bonds is 5. The standard InChI is InChI=1S/C27H23N3O4S/c1-17-11-13-18(14-12-17)35(33,34)29-23-9-5-4-8-22(23)28-27(32)21-15-20-19-7-3-6-10-24(19)30(2)25(20)16-26(21)31/h3-16,29,31H,1-2H3,(H,28,32). The van der Waals surface area contributed by atoms with E-state index in [1.54, 1.807) is 48.5 Å². The van der Waals surface area contributed by atoms with Gasteiger partial charge in [-0.15, -0.1) is 0 Å². The second kappa shape index (κ2) is 8.48. The fraction of sp³-hybridized carbons (Fsp3) is 0.0741. The van der Waals surface area contributed by atoms with Crippen molar-refractivity contribution in [3.63, 3.8) is 0 Å². The number of para-hydroxylation sites is 3. The predicted octanol–water partition coefficient (Wildman–Crippen LogP) is 5.40. The van der Waals surface area contributed by atoms with Gasteiger partial charge in [0.05, 0.1) is 27.4 Å². The molecule has 1 amide bonds. The minimum atomic E-state index is -3.87. The molecule has 4 aromatic carbocycles. The Kier molecular flexibility index (Phi) is 5.45. The third kappa shape index (κ3) is 4.08. The van der Waals surface area contributed by atoms with Gasteiger partial charge in [-0.1, -0.05) is 48.0 Å². The molecule has 0 aliphatic rings. The molecule has 35 heavy (non-hydrogen) atoms. The first-order valence-electron chi connectivity index (χ1n) is 10.9. The van der Waals surface area contributed by atoms with E-state index in [-0.39, 0.29) is 27.6 Å². The lowest BCUT2D eigenvalue weighted by molar-refractivity contribution is 0.102. The van der Waals surface area contributed by atoms with Crippen molar-refractivity contribution in [3.8, 4) is 5.75 Å². The van der Waals surface area contributed by atoms with Gasteiger partial charge in [0.15, 0.2) is 0 Å². The van der Waals surface area contributed by atoms with Crippen LogP contribution in [-0.4, -0.2) is 24.0 Å². The number of sulfonamides is 1. The highest BCUT2D eigenvalue weighted by Gasteiger charge is 2.20. The summed E-state index contributed by atoms with van der Waals surface area (Å²) < 4.78 is 30.3. The number of phenols is 1. The van der Waals surface area contributed by atoms with Crippen molar-refractivity contribution in [1.29, 1.82) is 0 Å². The highest BCUT2D eigenvalue weighted by atomic mass is 32.2. The summed E-state index contributed by atoms with van der Waals surface area (Å²) in [6, 6.07) is 24.0. The molecule has 0 unspecified atom stereocenters. The van der Waals surface area contributed by atoms with Crippen LogP contribution in [0.15, 0.2) is 89.8 Å². The quantitative estimate of drug-likeness (QED) is 0.310. The molecule has 5 aromatic rings. The zero-order valence-corrected chi connectivity index (χ0v) is 19.9. The Bertz CT molecular complexity index is 1700. The molecule has 1 aromatic heterocycles. The third-order valence-corrected chi connectivity index (χ3v) is 7.41. The number of phenolic OH excluding ortho intramolecular Hbond substituents is 1. The highest BCUT2D eigenvalue weighted by Crippen LogP contribution is 2.34. The lowest BCUT2D eigenvalue weighted by atomic mass is 10.1. The van der Waals surface area contributed by atoms with Crippen LogP contribution < -0.4 is 10.0 Å². The van der Waals surface area contributed by atoms with Gasteiger partial charge in [-0.25, -0.2) is 8.42 Å². The molecular formula is C27H23N3O4S. The normalized spacial score (nSPS) is 11.6. The number of aromatic nitrogens is 1. The Morgan fingerprint density at radius 3 is 2.23 bits per heavy atom. The molecule has 8 heteroatoms. The zero-order chi connectivity index (χ0) is 24.7. The highest BCUT2D eigenvalue weighted by molar-refractivity contribution is 7.92. The number of amides is 1. The van der Waals surface area contributed by atoms with E-state index < -0.39 is 15.9 Å². The van der Waals surface area contributed by atoms with Crippen LogP contribution in [0.1, 0.15) is 15.9 Å².